The summed E-state index contributed by atoms with van der Waals surface area (Å²) in [5.41, 5.74) is 1.48. The van der Waals surface area contributed by atoms with Crippen molar-refractivity contribution >= 4 is 34.7 Å². The van der Waals surface area contributed by atoms with Crippen LogP contribution < -0.4 is 20.1 Å². The number of aromatic nitrogens is 2. The van der Waals surface area contributed by atoms with Crippen molar-refractivity contribution in [2.75, 3.05) is 17.4 Å². The van der Waals surface area contributed by atoms with Crippen LogP contribution in [0.15, 0.2) is 54.9 Å². The highest BCUT2D eigenvalue weighted by Crippen LogP contribution is 2.34. The Morgan fingerprint density at radius 1 is 1.04 bits per heavy atom. The molecular formula is C18H13ClN4O3. The van der Waals surface area contributed by atoms with Crippen molar-refractivity contribution in [2.24, 2.45) is 0 Å². The number of nitrogens with one attached hydrogen (secondary N) is 2. The van der Waals surface area contributed by atoms with Crippen LogP contribution in [0, 0.1) is 0 Å². The summed E-state index contributed by atoms with van der Waals surface area (Å²) < 4.78 is 10.6. The monoisotopic (exact) mass is 368 g/mol. The number of nitrogens with zero attached hydrogens (tertiary/aromatic N) is 2. The topological polar surface area (TPSA) is 85.4 Å². The summed E-state index contributed by atoms with van der Waals surface area (Å²) in [7, 11) is 0. The first-order chi connectivity index (χ1) is 12.7. The molecule has 0 aliphatic carbocycles. The molecule has 0 unspecified atom stereocenters. The van der Waals surface area contributed by atoms with E-state index in [1.165, 1.54) is 6.33 Å². The van der Waals surface area contributed by atoms with E-state index in [-0.39, 0.29) is 18.4 Å². The Bertz CT molecular complexity index is 980. The van der Waals surface area contributed by atoms with Gasteiger partial charge in [-0.1, -0.05) is 23.7 Å². The van der Waals surface area contributed by atoms with E-state index in [0.717, 1.165) is 5.69 Å². The van der Waals surface area contributed by atoms with Crippen molar-refractivity contribution < 1.29 is 14.3 Å². The number of anilines is 3. The zero-order valence-electron chi connectivity index (χ0n) is 13.4. The van der Waals surface area contributed by atoms with Crippen molar-refractivity contribution in [3.05, 3.63) is 65.6 Å². The van der Waals surface area contributed by atoms with Gasteiger partial charge in [0.2, 0.25) is 6.79 Å². The van der Waals surface area contributed by atoms with Gasteiger partial charge in [-0.25, -0.2) is 9.97 Å². The maximum absolute atomic E-state index is 12.4. The molecular weight excluding hydrogens is 356 g/mol. The average molecular weight is 369 g/mol. The van der Waals surface area contributed by atoms with Gasteiger partial charge < -0.3 is 20.1 Å². The number of ether oxygens (including phenoxy) is 2. The minimum Gasteiger partial charge on any atom is -0.454 e. The van der Waals surface area contributed by atoms with Crippen LogP contribution in [-0.2, 0) is 0 Å². The number of amides is 1. The quantitative estimate of drug-likeness (QED) is 0.727. The zero-order chi connectivity index (χ0) is 17.9. The number of hydrogen-bond acceptors (Lipinski definition) is 6. The maximum atomic E-state index is 12.4. The van der Waals surface area contributed by atoms with E-state index in [1.807, 2.05) is 6.07 Å². The summed E-state index contributed by atoms with van der Waals surface area (Å²) in [4.78, 5) is 20.5. The number of benzene rings is 2. The van der Waals surface area contributed by atoms with Crippen LogP contribution in [0.5, 0.6) is 11.5 Å². The van der Waals surface area contributed by atoms with Gasteiger partial charge in [-0.15, -0.1) is 0 Å². The van der Waals surface area contributed by atoms with Crippen LogP contribution in [0.1, 0.15) is 10.5 Å². The molecule has 1 aromatic heterocycles. The Labute approximate surface area is 154 Å². The molecule has 1 amide bonds. The molecule has 0 atom stereocenters. The first-order valence-corrected chi connectivity index (χ1v) is 8.11. The lowest BCUT2D eigenvalue weighted by molar-refractivity contribution is 0.102. The molecule has 8 heteroatoms. The Balaban J connectivity index is 1.51. The van der Waals surface area contributed by atoms with E-state index >= 15 is 0 Å². The number of hydrogen-bond donors (Lipinski definition) is 2. The molecule has 26 heavy (non-hydrogen) atoms. The molecule has 0 saturated carbocycles. The third-order valence-electron chi connectivity index (χ3n) is 3.67. The lowest BCUT2D eigenvalue weighted by Gasteiger charge is -2.09. The molecule has 3 aromatic rings. The minimum atomic E-state index is -0.380. The standard InChI is InChI=1S/C18H13ClN4O3/c19-12-3-1-2-4-13(12)23-18(24)14-8-17(21-9-20-14)22-11-5-6-15-16(7-11)26-10-25-15/h1-9H,10H2,(H,23,24)(H,20,21,22). The Morgan fingerprint density at radius 2 is 1.88 bits per heavy atom. The fourth-order valence-corrected chi connectivity index (χ4v) is 2.60. The van der Waals surface area contributed by atoms with Crippen LogP contribution in [0.3, 0.4) is 0 Å². The van der Waals surface area contributed by atoms with Crippen LogP contribution >= 0.6 is 11.6 Å². The minimum absolute atomic E-state index is 0.207. The van der Waals surface area contributed by atoms with Crippen molar-refractivity contribution in [2.45, 2.75) is 0 Å². The van der Waals surface area contributed by atoms with Crippen LogP contribution in [0.4, 0.5) is 17.2 Å². The van der Waals surface area contributed by atoms with E-state index in [2.05, 4.69) is 20.6 Å². The summed E-state index contributed by atoms with van der Waals surface area (Å²) >= 11 is 6.06. The summed E-state index contributed by atoms with van der Waals surface area (Å²) in [6, 6.07) is 14.0. The van der Waals surface area contributed by atoms with E-state index in [9.17, 15) is 4.79 Å². The molecule has 0 bridgehead atoms. The molecule has 2 aromatic carbocycles. The van der Waals surface area contributed by atoms with Crippen molar-refractivity contribution in [3.63, 3.8) is 0 Å². The summed E-state index contributed by atoms with van der Waals surface area (Å²) in [6.07, 6.45) is 1.32. The summed E-state index contributed by atoms with van der Waals surface area (Å²) in [5.74, 6) is 1.44. The van der Waals surface area contributed by atoms with E-state index < -0.39 is 0 Å². The first-order valence-electron chi connectivity index (χ1n) is 7.74. The summed E-state index contributed by atoms with van der Waals surface area (Å²) in [5, 5.41) is 6.29. The van der Waals surface area contributed by atoms with E-state index in [1.54, 1.807) is 42.5 Å². The van der Waals surface area contributed by atoms with Crippen molar-refractivity contribution in [1.82, 2.24) is 9.97 Å². The molecule has 0 saturated heterocycles. The van der Waals surface area contributed by atoms with Gasteiger partial charge in [-0.05, 0) is 24.3 Å². The van der Waals surface area contributed by atoms with Gasteiger partial charge in [0.1, 0.15) is 17.8 Å². The number of carbonyl (C=O) groups excluding carboxylic acids is 1. The second-order valence-electron chi connectivity index (χ2n) is 5.42. The molecule has 130 valence electrons. The number of carbonyl (C=O) groups is 1. The fourth-order valence-electron chi connectivity index (χ4n) is 2.42. The molecule has 4 rings (SSSR count). The van der Waals surface area contributed by atoms with Gasteiger partial charge in [0, 0.05) is 17.8 Å². The molecule has 0 fully saturated rings. The summed E-state index contributed by atoms with van der Waals surface area (Å²) in [6.45, 7) is 0.207. The van der Waals surface area contributed by atoms with Gasteiger partial charge in [0.25, 0.3) is 5.91 Å². The third-order valence-corrected chi connectivity index (χ3v) is 4.00. The van der Waals surface area contributed by atoms with Crippen molar-refractivity contribution in [1.29, 1.82) is 0 Å². The van der Waals surface area contributed by atoms with Gasteiger partial charge in [0.15, 0.2) is 11.5 Å². The largest absolute Gasteiger partial charge is 0.454 e. The highest BCUT2D eigenvalue weighted by molar-refractivity contribution is 6.33. The molecule has 0 spiro atoms. The predicted molar refractivity (Wildman–Crippen MR) is 97.3 cm³/mol. The Morgan fingerprint density at radius 3 is 2.77 bits per heavy atom. The van der Waals surface area contributed by atoms with Crippen LogP contribution in [-0.4, -0.2) is 22.7 Å². The van der Waals surface area contributed by atoms with Crippen LogP contribution in [0.2, 0.25) is 5.02 Å². The van der Waals surface area contributed by atoms with Gasteiger partial charge in [-0.3, -0.25) is 4.79 Å². The Kier molecular flexibility index (Phi) is 4.28. The lowest BCUT2D eigenvalue weighted by Crippen LogP contribution is -2.14. The van der Waals surface area contributed by atoms with Gasteiger partial charge >= 0.3 is 0 Å². The SMILES string of the molecule is O=C(Nc1ccccc1Cl)c1cc(Nc2ccc3c(c2)OCO3)ncn1. The number of para-hydroxylation sites is 1. The molecule has 7 nitrogen and oxygen atoms in total. The lowest BCUT2D eigenvalue weighted by atomic mass is 10.2. The number of halogens is 1. The normalized spacial score (nSPS) is 11.9. The number of rotatable bonds is 4. The maximum Gasteiger partial charge on any atom is 0.274 e. The molecule has 1 aliphatic heterocycles. The van der Waals surface area contributed by atoms with E-state index in [0.29, 0.717) is 28.0 Å². The first kappa shape index (κ1) is 16.2. The molecule has 1 aliphatic rings. The number of fused-ring (bicyclic) bond motifs is 1. The second-order valence-corrected chi connectivity index (χ2v) is 5.82. The smallest absolute Gasteiger partial charge is 0.274 e. The highest BCUT2D eigenvalue weighted by Gasteiger charge is 2.14. The van der Waals surface area contributed by atoms with E-state index in [4.69, 9.17) is 21.1 Å². The van der Waals surface area contributed by atoms with Crippen LogP contribution in [0.25, 0.3) is 0 Å². The third kappa shape index (κ3) is 3.38. The molecule has 2 N–H and O–H groups in total. The van der Waals surface area contributed by atoms with Gasteiger partial charge in [0.05, 0.1) is 10.7 Å². The molecule has 0 radical (unpaired) electrons. The predicted octanol–water partition coefficient (Wildman–Crippen LogP) is 3.85. The molecule has 2 heterocycles. The zero-order valence-corrected chi connectivity index (χ0v) is 14.2. The van der Waals surface area contributed by atoms with Gasteiger partial charge in [-0.2, -0.15) is 0 Å². The second kappa shape index (κ2) is 6.89. The fraction of sp³-hybridized carbons (Fsp3) is 0.0556. The van der Waals surface area contributed by atoms with Crippen molar-refractivity contribution in [3.8, 4) is 11.5 Å². The highest BCUT2D eigenvalue weighted by atomic mass is 35.5. The average Bonchev–Trinajstić information content (AvgIpc) is 3.11. The Hall–Kier alpha value is -3.32.